The number of nitrogens with one attached hydrogen (secondary N) is 1. The van der Waals surface area contributed by atoms with E-state index < -0.39 is 0 Å². The molecule has 1 heterocycles. The number of nitrogens with zero attached hydrogens (tertiary/aromatic N) is 1. The van der Waals surface area contributed by atoms with Crippen LogP contribution >= 0.6 is 15.9 Å². The molecular weight excluding hydrogens is 323 g/mol. The molecule has 0 saturated heterocycles. The van der Waals surface area contributed by atoms with E-state index in [0.717, 1.165) is 15.6 Å². The van der Waals surface area contributed by atoms with E-state index in [1.807, 2.05) is 19.1 Å². The number of methoxy groups -OCH3 is 1. The molecule has 1 N–H and O–H groups in total. The van der Waals surface area contributed by atoms with E-state index in [1.54, 1.807) is 18.5 Å². The van der Waals surface area contributed by atoms with E-state index in [9.17, 15) is 4.39 Å². The lowest BCUT2D eigenvalue weighted by atomic mass is 10.1. The van der Waals surface area contributed by atoms with Crippen molar-refractivity contribution in [3.63, 3.8) is 0 Å². The van der Waals surface area contributed by atoms with E-state index in [0.29, 0.717) is 6.54 Å². The van der Waals surface area contributed by atoms with Crippen LogP contribution in [0, 0.1) is 5.82 Å². The van der Waals surface area contributed by atoms with Crippen LogP contribution < -0.4 is 10.1 Å². The Morgan fingerprint density at radius 1 is 1.35 bits per heavy atom. The van der Waals surface area contributed by atoms with Gasteiger partial charge in [-0.05, 0) is 52.2 Å². The lowest BCUT2D eigenvalue weighted by molar-refractivity contribution is 0.385. The number of ether oxygens (including phenoxy) is 1. The highest BCUT2D eigenvalue weighted by Gasteiger charge is 2.09. The van der Waals surface area contributed by atoms with E-state index in [2.05, 4.69) is 26.2 Å². The maximum Gasteiger partial charge on any atom is 0.165 e. The topological polar surface area (TPSA) is 34.1 Å². The van der Waals surface area contributed by atoms with Gasteiger partial charge in [-0.25, -0.2) is 4.39 Å². The summed E-state index contributed by atoms with van der Waals surface area (Å²) in [4.78, 5) is 4.11. The van der Waals surface area contributed by atoms with Crippen molar-refractivity contribution in [1.29, 1.82) is 0 Å². The predicted octanol–water partition coefficient (Wildman–Crippen LogP) is 3.84. The standard InChI is InChI=1S/C15H16BrFN2O/c1-10(12-3-4-15(20-2)14(17)6-12)19-8-11-5-13(16)9-18-7-11/h3-7,9-10,19H,8H2,1-2H3. The molecule has 0 saturated carbocycles. The highest BCUT2D eigenvalue weighted by molar-refractivity contribution is 9.10. The smallest absolute Gasteiger partial charge is 0.165 e. The fourth-order valence-electron chi connectivity index (χ4n) is 1.89. The molecule has 0 spiro atoms. The van der Waals surface area contributed by atoms with Crippen molar-refractivity contribution >= 4 is 15.9 Å². The molecule has 0 amide bonds. The van der Waals surface area contributed by atoms with Crippen LogP contribution in [0.1, 0.15) is 24.1 Å². The van der Waals surface area contributed by atoms with E-state index in [4.69, 9.17) is 4.74 Å². The quantitative estimate of drug-likeness (QED) is 0.899. The van der Waals surface area contributed by atoms with Gasteiger partial charge in [-0.15, -0.1) is 0 Å². The van der Waals surface area contributed by atoms with Crippen LogP contribution in [-0.2, 0) is 6.54 Å². The molecule has 5 heteroatoms. The molecular formula is C15H16BrFN2O. The minimum atomic E-state index is -0.345. The molecule has 20 heavy (non-hydrogen) atoms. The maximum atomic E-state index is 13.7. The molecule has 1 aromatic carbocycles. The molecule has 2 rings (SSSR count). The second kappa shape index (κ2) is 6.81. The van der Waals surface area contributed by atoms with Gasteiger partial charge in [-0.2, -0.15) is 0 Å². The molecule has 0 bridgehead atoms. The van der Waals surface area contributed by atoms with Crippen LogP contribution in [0.2, 0.25) is 0 Å². The first-order chi connectivity index (χ1) is 9.60. The number of hydrogen-bond acceptors (Lipinski definition) is 3. The van der Waals surface area contributed by atoms with Gasteiger partial charge in [0.05, 0.1) is 7.11 Å². The Kier molecular flexibility index (Phi) is 5.09. The van der Waals surface area contributed by atoms with Crippen LogP contribution in [0.5, 0.6) is 5.75 Å². The molecule has 3 nitrogen and oxygen atoms in total. The summed E-state index contributed by atoms with van der Waals surface area (Å²) in [5.74, 6) is -0.0834. The maximum absolute atomic E-state index is 13.7. The highest BCUT2D eigenvalue weighted by atomic mass is 79.9. The summed E-state index contributed by atoms with van der Waals surface area (Å²) >= 11 is 3.39. The van der Waals surface area contributed by atoms with Gasteiger partial charge in [-0.1, -0.05) is 6.07 Å². The van der Waals surface area contributed by atoms with E-state index >= 15 is 0 Å². The van der Waals surface area contributed by atoms with Crippen molar-refractivity contribution in [2.45, 2.75) is 19.5 Å². The Morgan fingerprint density at radius 2 is 2.15 bits per heavy atom. The fraction of sp³-hybridized carbons (Fsp3) is 0.267. The highest BCUT2D eigenvalue weighted by Crippen LogP contribution is 2.22. The summed E-state index contributed by atoms with van der Waals surface area (Å²) in [6.45, 7) is 2.66. The van der Waals surface area contributed by atoms with Gasteiger partial charge in [-0.3, -0.25) is 4.98 Å². The van der Waals surface area contributed by atoms with Crippen LogP contribution in [0.15, 0.2) is 41.1 Å². The summed E-state index contributed by atoms with van der Waals surface area (Å²) in [7, 11) is 1.46. The Hall–Kier alpha value is -1.46. The van der Waals surface area contributed by atoms with Crippen molar-refractivity contribution < 1.29 is 9.13 Å². The SMILES string of the molecule is COc1ccc(C(C)NCc2cncc(Br)c2)cc1F. The Bertz CT molecular complexity index is 592. The van der Waals surface area contributed by atoms with Gasteiger partial charge >= 0.3 is 0 Å². The van der Waals surface area contributed by atoms with Crippen LogP contribution in [0.4, 0.5) is 4.39 Å². The van der Waals surface area contributed by atoms with Gasteiger partial charge in [0.1, 0.15) is 0 Å². The summed E-state index contributed by atoms with van der Waals surface area (Å²) in [6, 6.07) is 7.04. The normalized spacial score (nSPS) is 12.2. The second-order valence-corrected chi connectivity index (χ2v) is 5.42. The molecule has 0 fully saturated rings. The summed E-state index contributed by atoms with van der Waals surface area (Å²) in [6.07, 6.45) is 3.55. The first-order valence-electron chi connectivity index (χ1n) is 6.26. The number of hydrogen-bond donors (Lipinski definition) is 1. The zero-order chi connectivity index (χ0) is 14.5. The summed E-state index contributed by atoms with van der Waals surface area (Å²) in [5, 5.41) is 3.34. The van der Waals surface area contributed by atoms with Crippen LogP contribution in [-0.4, -0.2) is 12.1 Å². The zero-order valence-corrected chi connectivity index (χ0v) is 12.9. The van der Waals surface area contributed by atoms with Gasteiger partial charge in [0.2, 0.25) is 0 Å². The van der Waals surface area contributed by atoms with Crippen molar-refractivity contribution in [2.75, 3.05) is 7.11 Å². The van der Waals surface area contributed by atoms with Crippen molar-refractivity contribution in [3.05, 3.63) is 58.1 Å². The van der Waals surface area contributed by atoms with Crippen molar-refractivity contribution in [3.8, 4) is 5.75 Å². The number of aromatic nitrogens is 1. The Morgan fingerprint density at radius 3 is 2.80 bits per heavy atom. The zero-order valence-electron chi connectivity index (χ0n) is 11.4. The van der Waals surface area contributed by atoms with Crippen LogP contribution in [0.3, 0.4) is 0 Å². The number of rotatable bonds is 5. The monoisotopic (exact) mass is 338 g/mol. The van der Waals surface area contributed by atoms with Crippen molar-refractivity contribution in [2.24, 2.45) is 0 Å². The Balaban J connectivity index is 2.01. The Labute approximate surface area is 126 Å². The molecule has 106 valence electrons. The lowest BCUT2D eigenvalue weighted by Crippen LogP contribution is -2.18. The second-order valence-electron chi connectivity index (χ2n) is 4.51. The molecule has 0 aliphatic heterocycles. The number of halogens is 2. The van der Waals surface area contributed by atoms with E-state index in [-0.39, 0.29) is 17.6 Å². The van der Waals surface area contributed by atoms with Gasteiger partial charge in [0.25, 0.3) is 0 Å². The molecule has 0 aliphatic carbocycles. The molecule has 1 aromatic heterocycles. The van der Waals surface area contributed by atoms with Gasteiger partial charge in [0.15, 0.2) is 11.6 Å². The molecule has 0 radical (unpaired) electrons. The number of benzene rings is 1. The predicted molar refractivity (Wildman–Crippen MR) is 80.1 cm³/mol. The van der Waals surface area contributed by atoms with Gasteiger partial charge in [0, 0.05) is 29.5 Å². The molecule has 1 unspecified atom stereocenters. The third-order valence-corrected chi connectivity index (χ3v) is 3.48. The summed E-state index contributed by atoms with van der Waals surface area (Å²) < 4.78 is 19.5. The minimum Gasteiger partial charge on any atom is -0.494 e. The summed E-state index contributed by atoms with van der Waals surface area (Å²) in [5.41, 5.74) is 1.95. The minimum absolute atomic E-state index is 0.0365. The third kappa shape index (κ3) is 3.77. The fourth-order valence-corrected chi connectivity index (χ4v) is 2.31. The molecule has 2 aromatic rings. The lowest BCUT2D eigenvalue weighted by Gasteiger charge is -2.15. The van der Waals surface area contributed by atoms with Crippen molar-refractivity contribution in [1.82, 2.24) is 10.3 Å². The first kappa shape index (κ1) is 14.9. The average Bonchev–Trinajstić information content (AvgIpc) is 2.44. The van der Waals surface area contributed by atoms with E-state index in [1.165, 1.54) is 13.2 Å². The average molecular weight is 339 g/mol. The number of pyridine rings is 1. The van der Waals surface area contributed by atoms with Crippen LogP contribution in [0.25, 0.3) is 0 Å². The molecule has 1 atom stereocenters. The first-order valence-corrected chi connectivity index (χ1v) is 7.05. The largest absolute Gasteiger partial charge is 0.494 e. The van der Waals surface area contributed by atoms with Gasteiger partial charge < -0.3 is 10.1 Å². The molecule has 0 aliphatic rings. The third-order valence-electron chi connectivity index (χ3n) is 3.05.